The van der Waals surface area contributed by atoms with Gasteiger partial charge in [-0.15, -0.1) is 0 Å². The molecule has 0 aliphatic carbocycles. The van der Waals surface area contributed by atoms with Gasteiger partial charge in [0.05, 0.1) is 5.02 Å². The number of benzene rings is 2. The Morgan fingerprint density at radius 3 is 2.33 bits per heavy atom. The first kappa shape index (κ1) is 13.6. The van der Waals surface area contributed by atoms with E-state index in [1.54, 1.807) is 24.3 Å². The quantitative estimate of drug-likeness (QED) is 0.676. The molecule has 18 heavy (non-hydrogen) atoms. The van der Waals surface area contributed by atoms with E-state index in [-0.39, 0.29) is 5.78 Å². The summed E-state index contributed by atoms with van der Waals surface area (Å²) in [6, 6.07) is 10.4. The van der Waals surface area contributed by atoms with Crippen LogP contribution in [0.5, 0.6) is 0 Å². The number of carbonyl (C=O) groups is 1. The van der Waals surface area contributed by atoms with Crippen molar-refractivity contribution in [2.45, 2.75) is 6.92 Å². The minimum atomic E-state index is -0.0957. The Bertz CT molecular complexity index is 570. The number of aryl methyl sites for hydroxylation is 1. The van der Waals surface area contributed by atoms with E-state index < -0.39 is 0 Å². The number of carbonyl (C=O) groups excluding carboxylic acids is 1. The Labute approximate surface area is 124 Å². The lowest BCUT2D eigenvalue weighted by atomic mass is 9.99. The zero-order chi connectivity index (χ0) is 13.3. The fourth-order valence-electron chi connectivity index (χ4n) is 1.70. The molecular weight excluding hydrogens is 335 g/mol. The van der Waals surface area contributed by atoms with Gasteiger partial charge < -0.3 is 0 Å². The van der Waals surface area contributed by atoms with Gasteiger partial charge in [-0.3, -0.25) is 4.79 Å². The summed E-state index contributed by atoms with van der Waals surface area (Å²) in [4.78, 5) is 12.4. The first-order chi connectivity index (χ1) is 8.49. The van der Waals surface area contributed by atoms with E-state index in [2.05, 4.69) is 15.9 Å². The van der Waals surface area contributed by atoms with Gasteiger partial charge in [0, 0.05) is 20.6 Å². The lowest BCUT2D eigenvalue weighted by Crippen LogP contribution is -2.04. The largest absolute Gasteiger partial charge is 0.289 e. The first-order valence-corrected chi connectivity index (χ1v) is 6.80. The number of hydrogen-bond donors (Lipinski definition) is 0. The molecule has 4 heteroatoms. The molecule has 0 unspecified atom stereocenters. The number of ketones is 1. The third-order valence-corrected chi connectivity index (χ3v) is 3.65. The zero-order valence-corrected chi connectivity index (χ0v) is 12.6. The number of halogens is 3. The molecule has 0 fully saturated rings. The topological polar surface area (TPSA) is 17.1 Å². The summed E-state index contributed by atoms with van der Waals surface area (Å²) in [5.74, 6) is -0.0957. The van der Waals surface area contributed by atoms with Crippen molar-refractivity contribution < 1.29 is 4.79 Å². The van der Waals surface area contributed by atoms with Crippen LogP contribution in [0.1, 0.15) is 21.5 Å². The van der Waals surface area contributed by atoms with Crippen LogP contribution in [-0.4, -0.2) is 5.78 Å². The molecule has 0 N–H and O–H groups in total. The molecule has 92 valence electrons. The van der Waals surface area contributed by atoms with E-state index in [9.17, 15) is 4.79 Å². The highest BCUT2D eigenvalue weighted by atomic mass is 79.9. The monoisotopic (exact) mass is 342 g/mol. The zero-order valence-electron chi connectivity index (χ0n) is 9.51. The van der Waals surface area contributed by atoms with Crippen molar-refractivity contribution in [3.8, 4) is 0 Å². The van der Waals surface area contributed by atoms with Crippen molar-refractivity contribution in [3.05, 3.63) is 67.6 Å². The van der Waals surface area contributed by atoms with Crippen molar-refractivity contribution in [1.29, 1.82) is 0 Å². The van der Waals surface area contributed by atoms with Crippen molar-refractivity contribution in [3.63, 3.8) is 0 Å². The normalized spacial score (nSPS) is 10.4. The van der Waals surface area contributed by atoms with Crippen LogP contribution in [0.15, 0.2) is 40.9 Å². The minimum Gasteiger partial charge on any atom is -0.289 e. The second-order valence-corrected chi connectivity index (χ2v) is 5.67. The van der Waals surface area contributed by atoms with Crippen LogP contribution in [0.3, 0.4) is 0 Å². The lowest BCUT2D eigenvalue weighted by Gasteiger charge is -2.07. The Balaban J connectivity index is 2.48. The second kappa shape index (κ2) is 5.43. The van der Waals surface area contributed by atoms with Gasteiger partial charge in [-0.1, -0.05) is 39.1 Å². The van der Waals surface area contributed by atoms with Gasteiger partial charge in [-0.2, -0.15) is 0 Å². The summed E-state index contributed by atoms with van der Waals surface area (Å²) in [5, 5.41) is 0.888. The molecule has 0 radical (unpaired) electrons. The minimum absolute atomic E-state index is 0.0957. The number of rotatable bonds is 2. The Kier molecular flexibility index (Phi) is 4.10. The maximum Gasteiger partial charge on any atom is 0.194 e. The molecular formula is C14H9BrCl2O. The van der Waals surface area contributed by atoms with Crippen LogP contribution >= 0.6 is 39.1 Å². The fraction of sp³-hybridized carbons (Fsp3) is 0.0714. The van der Waals surface area contributed by atoms with Gasteiger partial charge in [0.25, 0.3) is 0 Å². The first-order valence-electron chi connectivity index (χ1n) is 5.25. The maximum absolute atomic E-state index is 12.4. The van der Waals surface area contributed by atoms with Gasteiger partial charge in [0.15, 0.2) is 5.78 Å². The molecule has 2 aromatic carbocycles. The summed E-state index contributed by atoms with van der Waals surface area (Å²) in [6.45, 7) is 1.89. The lowest BCUT2D eigenvalue weighted by molar-refractivity contribution is 0.103. The molecule has 2 rings (SSSR count). The molecule has 2 aromatic rings. The molecule has 0 atom stereocenters. The molecule has 0 bridgehead atoms. The van der Waals surface area contributed by atoms with E-state index >= 15 is 0 Å². The van der Waals surface area contributed by atoms with Gasteiger partial charge in [0.2, 0.25) is 0 Å². The average Bonchev–Trinajstić information content (AvgIpc) is 2.28. The highest BCUT2D eigenvalue weighted by molar-refractivity contribution is 9.10. The molecule has 0 spiro atoms. The molecule has 0 amide bonds. The van der Waals surface area contributed by atoms with Crippen LogP contribution in [0.2, 0.25) is 10.0 Å². The third-order valence-electron chi connectivity index (χ3n) is 2.61. The SMILES string of the molecule is Cc1cc(Br)ccc1C(=O)c1ccc(Cl)cc1Cl. The van der Waals surface area contributed by atoms with Gasteiger partial charge in [-0.05, 0) is 48.9 Å². The van der Waals surface area contributed by atoms with Crippen LogP contribution in [0, 0.1) is 6.92 Å². The van der Waals surface area contributed by atoms with E-state index in [0.717, 1.165) is 10.0 Å². The Morgan fingerprint density at radius 1 is 1.06 bits per heavy atom. The summed E-state index contributed by atoms with van der Waals surface area (Å²) in [6.07, 6.45) is 0. The average molecular weight is 344 g/mol. The van der Waals surface area contributed by atoms with Gasteiger partial charge in [-0.25, -0.2) is 0 Å². The smallest absolute Gasteiger partial charge is 0.194 e. The standard InChI is InChI=1S/C14H9BrCl2O/c1-8-6-9(15)2-4-11(8)14(18)12-5-3-10(16)7-13(12)17/h2-7H,1H3. The van der Waals surface area contributed by atoms with E-state index in [1.807, 2.05) is 19.1 Å². The van der Waals surface area contributed by atoms with Crippen LogP contribution in [-0.2, 0) is 0 Å². The van der Waals surface area contributed by atoms with Crippen LogP contribution < -0.4 is 0 Å². The highest BCUT2D eigenvalue weighted by Crippen LogP contribution is 2.25. The van der Waals surface area contributed by atoms with E-state index in [4.69, 9.17) is 23.2 Å². The van der Waals surface area contributed by atoms with E-state index in [0.29, 0.717) is 21.2 Å². The van der Waals surface area contributed by atoms with Crippen LogP contribution in [0.4, 0.5) is 0 Å². The van der Waals surface area contributed by atoms with Gasteiger partial charge in [0.1, 0.15) is 0 Å². The maximum atomic E-state index is 12.4. The third kappa shape index (κ3) is 2.77. The molecule has 0 aliphatic heterocycles. The predicted molar refractivity (Wildman–Crippen MR) is 78.8 cm³/mol. The second-order valence-electron chi connectivity index (χ2n) is 3.91. The molecule has 0 saturated carbocycles. The summed E-state index contributed by atoms with van der Waals surface area (Å²) >= 11 is 15.2. The molecule has 0 aromatic heterocycles. The Hall–Kier alpha value is -0.830. The van der Waals surface area contributed by atoms with Crippen molar-refractivity contribution >= 4 is 44.9 Å². The summed E-state index contributed by atoms with van der Waals surface area (Å²) < 4.78 is 0.943. The summed E-state index contributed by atoms with van der Waals surface area (Å²) in [7, 11) is 0. The molecule has 0 aliphatic rings. The molecule has 1 nitrogen and oxygen atoms in total. The predicted octanol–water partition coefficient (Wildman–Crippen LogP) is 5.30. The van der Waals surface area contributed by atoms with Crippen molar-refractivity contribution in [1.82, 2.24) is 0 Å². The van der Waals surface area contributed by atoms with Gasteiger partial charge >= 0.3 is 0 Å². The summed E-state index contributed by atoms with van der Waals surface area (Å²) in [5.41, 5.74) is 2.01. The van der Waals surface area contributed by atoms with Crippen LogP contribution in [0.25, 0.3) is 0 Å². The molecule has 0 heterocycles. The molecule has 0 saturated heterocycles. The highest BCUT2D eigenvalue weighted by Gasteiger charge is 2.15. The van der Waals surface area contributed by atoms with Crippen molar-refractivity contribution in [2.24, 2.45) is 0 Å². The Morgan fingerprint density at radius 2 is 1.72 bits per heavy atom. The fourth-order valence-corrected chi connectivity index (χ4v) is 2.67. The van der Waals surface area contributed by atoms with Crippen molar-refractivity contribution in [2.75, 3.05) is 0 Å². The number of hydrogen-bond acceptors (Lipinski definition) is 1. The van der Waals surface area contributed by atoms with E-state index in [1.165, 1.54) is 0 Å².